The Balaban J connectivity index is 1.86. The molecule has 1 heterocycles. The van der Waals surface area contributed by atoms with Crippen molar-refractivity contribution in [2.75, 3.05) is 11.4 Å². The van der Waals surface area contributed by atoms with E-state index in [2.05, 4.69) is 0 Å². The predicted molar refractivity (Wildman–Crippen MR) is 86.8 cm³/mol. The normalized spacial score (nSPS) is 18.6. The van der Waals surface area contributed by atoms with Crippen molar-refractivity contribution in [2.45, 2.75) is 19.1 Å². The molecule has 2 unspecified atom stereocenters. The molecular weight excluding hydrogens is 349 g/mol. The monoisotopic (exact) mass is 364 g/mol. The molecule has 0 aliphatic carbocycles. The largest absolute Gasteiger partial charge is 0.386 e. The number of carbonyl (C=O) groups is 2. The molecule has 1 aliphatic heterocycles. The molecule has 0 radical (unpaired) electrons. The summed E-state index contributed by atoms with van der Waals surface area (Å²) in [6.07, 6.45) is -1.72. The predicted octanol–water partition coefficient (Wildman–Crippen LogP) is 2.99. The van der Waals surface area contributed by atoms with Gasteiger partial charge in [-0.25, -0.2) is 18.0 Å². The van der Waals surface area contributed by atoms with Crippen LogP contribution in [0.3, 0.4) is 0 Å². The zero-order valence-electron chi connectivity index (χ0n) is 13.7. The number of hydrogen-bond donors (Lipinski definition) is 1. The first-order chi connectivity index (χ1) is 12.3. The highest BCUT2D eigenvalue weighted by atomic mass is 19.1. The van der Waals surface area contributed by atoms with Crippen LogP contribution in [-0.4, -0.2) is 34.5 Å². The van der Waals surface area contributed by atoms with Gasteiger partial charge in [0.15, 0.2) is 0 Å². The minimum absolute atomic E-state index is 0.298. The summed E-state index contributed by atoms with van der Waals surface area (Å²) < 4.78 is 40.7. The SMILES string of the molecule is CC1C(=O)N(CC(O)c2c(F)cccc2F)C(=O)N1c1ccc(F)cc1. The Morgan fingerprint density at radius 3 is 2.19 bits per heavy atom. The van der Waals surface area contributed by atoms with E-state index in [9.17, 15) is 27.9 Å². The Labute approximate surface area is 147 Å². The van der Waals surface area contributed by atoms with Crippen LogP contribution in [0.2, 0.25) is 0 Å². The number of anilines is 1. The number of benzene rings is 2. The lowest BCUT2D eigenvalue weighted by molar-refractivity contribution is -0.128. The maximum atomic E-state index is 13.8. The summed E-state index contributed by atoms with van der Waals surface area (Å²) in [4.78, 5) is 26.8. The minimum atomic E-state index is -1.72. The fourth-order valence-electron chi connectivity index (χ4n) is 2.92. The lowest BCUT2D eigenvalue weighted by Crippen LogP contribution is -2.36. The Hall–Kier alpha value is -2.87. The molecule has 136 valence electrons. The molecule has 2 aromatic carbocycles. The highest BCUT2D eigenvalue weighted by molar-refractivity contribution is 6.14. The van der Waals surface area contributed by atoms with Gasteiger partial charge in [-0.3, -0.25) is 14.6 Å². The van der Waals surface area contributed by atoms with Gasteiger partial charge in [0, 0.05) is 5.69 Å². The number of carbonyl (C=O) groups excluding carboxylic acids is 2. The first-order valence-corrected chi connectivity index (χ1v) is 7.83. The van der Waals surface area contributed by atoms with E-state index in [1.165, 1.54) is 19.1 Å². The molecule has 8 heteroatoms. The van der Waals surface area contributed by atoms with Crippen molar-refractivity contribution in [2.24, 2.45) is 0 Å². The van der Waals surface area contributed by atoms with E-state index in [0.29, 0.717) is 5.69 Å². The van der Waals surface area contributed by atoms with Crippen molar-refractivity contribution in [3.8, 4) is 0 Å². The van der Waals surface area contributed by atoms with Crippen LogP contribution < -0.4 is 4.90 Å². The molecular formula is C18H15F3N2O3. The lowest BCUT2D eigenvalue weighted by atomic mass is 10.1. The third-order valence-electron chi connectivity index (χ3n) is 4.24. The summed E-state index contributed by atoms with van der Waals surface area (Å²) in [5, 5.41) is 10.2. The molecule has 1 saturated heterocycles. The molecule has 1 aliphatic rings. The number of β-amino-alcohol motifs (C(OH)–C–C–N with tert-alkyl or cyclic N) is 1. The summed E-state index contributed by atoms with van der Waals surface area (Å²) in [5.41, 5.74) is -0.313. The Kier molecular flexibility index (Phi) is 4.69. The molecule has 0 aromatic heterocycles. The number of imide groups is 1. The summed E-state index contributed by atoms with van der Waals surface area (Å²) >= 11 is 0. The van der Waals surface area contributed by atoms with Crippen molar-refractivity contribution in [1.82, 2.24) is 4.90 Å². The average molecular weight is 364 g/mol. The van der Waals surface area contributed by atoms with Gasteiger partial charge in [-0.2, -0.15) is 0 Å². The highest BCUT2D eigenvalue weighted by Gasteiger charge is 2.44. The standard InChI is InChI=1S/C18H15F3N2O3/c1-10-17(25)22(9-15(24)16-13(20)3-2-4-14(16)21)18(26)23(10)12-7-5-11(19)6-8-12/h2-8,10,15,24H,9H2,1H3. The van der Waals surface area contributed by atoms with E-state index in [0.717, 1.165) is 40.1 Å². The smallest absolute Gasteiger partial charge is 0.332 e. The van der Waals surface area contributed by atoms with Gasteiger partial charge < -0.3 is 5.11 Å². The van der Waals surface area contributed by atoms with Gasteiger partial charge in [-0.15, -0.1) is 0 Å². The topological polar surface area (TPSA) is 60.9 Å². The van der Waals surface area contributed by atoms with Crippen LogP contribution in [0.1, 0.15) is 18.6 Å². The maximum Gasteiger partial charge on any atom is 0.332 e. The van der Waals surface area contributed by atoms with Crippen LogP contribution >= 0.6 is 0 Å². The number of aliphatic hydroxyl groups is 1. The zero-order chi connectivity index (χ0) is 19.0. The van der Waals surface area contributed by atoms with E-state index < -0.39 is 53.6 Å². The molecule has 0 bridgehead atoms. The molecule has 2 aromatic rings. The van der Waals surface area contributed by atoms with Crippen LogP contribution in [-0.2, 0) is 4.79 Å². The third-order valence-corrected chi connectivity index (χ3v) is 4.24. The van der Waals surface area contributed by atoms with Crippen LogP contribution in [0.25, 0.3) is 0 Å². The van der Waals surface area contributed by atoms with Gasteiger partial charge in [0.1, 0.15) is 29.6 Å². The fourth-order valence-corrected chi connectivity index (χ4v) is 2.92. The average Bonchev–Trinajstić information content (AvgIpc) is 2.79. The number of halogens is 3. The van der Waals surface area contributed by atoms with Gasteiger partial charge in [0.25, 0.3) is 5.91 Å². The molecule has 3 amide bonds. The summed E-state index contributed by atoms with van der Waals surface area (Å²) in [6, 6.07) is 6.41. The first kappa shape index (κ1) is 17.9. The molecule has 0 spiro atoms. The van der Waals surface area contributed by atoms with E-state index in [4.69, 9.17) is 0 Å². The number of aliphatic hydroxyl groups excluding tert-OH is 1. The second kappa shape index (κ2) is 6.80. The molecule has 2 atom stereocenters. The van der Waals surface area contributed by atoms with Gasteiger partial charge in [0.05, 0.1) is 12.1 Å². The van der Waals surface area contributed by atoms with E-state index >= 15 is 0 Å². The van der Waals surface area contributed by atoms with Gasteiger partial charge >= 0.3 is 6.03 Å². The molecule has 1 fully saturated rings. The Morgan fingerprint density at radius 2 is 1.62 bits per heavy atom. The number of urea groups is 1. The van der Waals surface area contributed by atoms with E-state index in [-0.39, 0.29) is 0 Å². The van der Waals surface area contributed by atoms with Crippen molar-refractivity contribution in [3.63, 3.8) is 0 Å². The third kappa shape index (κ3) is 3.03. The summed E-state index contributed by atoms with van der Waals surface area (Å²) in [6.45, 7) is 0.872. The van der Waals surface area contributed by atoms with Crippen LogP contribution in [0.4, 0.5) is 23.7 Å². The summed E-state index contributed by atoms with van der Waals surface area (Å²) in [7, 11) is 0. The highest BCUT2D eigenvalue weighted by Crippen LogP contribution is 2.29. The number of hydrogen-bond acceptors (Lipinski definition) is 3. The van der Waals surface area contributed by atoms with Crippen molar-refractivity contribution < 1.29 is 27.9 Å². The molecule has 0 saturated carbocycles. The molecule has 5 nitrogen and oxygen atoms in total. The van der Waals surface area contributed by atoms with Crippen molar-refractivity contribution >= 4 is 17.6 Å². The first-order valence-electron chi connectivity index (χ1n) is 7.83. The molecule has 1 N–H and O–H groups in total. The Morgan fingerprint density at radius 1 is 1.04 bits per heavy atom. The zero-order valence-corrected chi connectivity index (χ0v) is 13.7. The molecule has 26 heavy (non-hydrogen) atoms. The Bertz CT molecular complexity index is 837. The van der Waals surface area contributed by atoms with Gasteiger partial charge in [-0.05, 0) is 43.3 Å². The maximum absolute atomic E-state index is 13.8. The van der Waals surface area contributed by atoms with Crippen LogP contribution in [0, 0.1) is 17.5 Å². The van der Waals surface area contributed by atoms with Crippen LogP contribution in [0.15, 0.2) is 42.5 Å². The number of rotatable bonds is 4. The van der Waals surface area contributed by atoms with Gasteiger partial charge in [0.2, 0.25) is 0 Å². The fraction of sp³-hybridized carbons (Fsp3) is 0.222. The molecule has 3 rings (SSSR count). The van der Waals surface area contributed by atoms with Crippen molar-refractivity contribution in [3.05, 3.63) is 65.5 Å². The lowest BCUT2D eigenvalue weighted by Gasteiger charge is -2.21. The van der Waals surface area contributed by atoms with Gasteiger partial charge in [-0.1, -0.05) is 6.07 Å². The van der Waals surface area contributed by atoms with Crippen molar-refractivity contribution in [1.29, 1.82) is 0 Å². The van der Waals surface area contributed by atoms with E-state index in [1.54, 1.807) is 0 Å². The van der Waals surface area contributed by atoms with Crippen LogP contribution in [0.5, 0.6) is 0 Å². The minimum Gasteiger partial charge on any atom is -0.386 e. The number of amides is 3. The quantitative estimate of drug-likeness (QED) is 0.849. The summed E-state index contributed by atoms with van der Waals surface area (Å²) in [5.74, 6) is -3.07. The number of nitrogens with zero attached hydrogens (tertiary/aromatic N) is 2. The van der Waals surface area contributed by atoms with E-state index in [1.807, 2.05) is 0 Å². The second-order valence-electron chi connectivity index (χ2n) is 5.90. The second-order valence-corrected chi connectivity index (χ2v) is 5.90.